The summed E-state index contributed by atoms with van der Waals surface area (Å²) < 4.78 is 30.4. The number of ether oxygens (including phenoxy) is 1. The average Bonchev–Trinajstić information content (AvgIpc) is 2.76. The first kappa shape index (κ1) is 15.9. The summed E-state index contributed by atoms with van der Waals surface area (Å²) in [6.07, 6.45) is 0.316. The largest absolute Gasteiger partial charge is 0.469 e. The van der Waals surface area contributed by atoms with E-state index in [-0.39, 0.29) is 24.5 Å². The zero-order chi connectivity index (χ0) is 14.5. The van der Waals surface area contributed by atoms with E-state index in [2.05, 4.69) is 14.4 Å². The number of nitrogens with one attached hydrogen (secondary N) is 1. The van der Waals surface area contributed by atoms with Crippen LogP contribution in [0.4, 0.5) is 5.13 Å². The van der Waals surface area contributed by atoms with E-state index in [9.17, 15) is 13.2 Å². The highest BCUT2D eigenvalue weighted by atomic mass is 32.2. The van der Waals surface area contributed by atoms with Gasteiger partial charge in [0, 0.05) is 11.8 Å². The minimum Gasteiger partial charge on any atom is -0.469 e. The molecular formula is C11H18N2O4S2. The molecule has 0 atom stereocenters. The molecule has 6 nitrogen and oxygen atoms in total. The molecule has 0 fully saturated rings. The van der Waals surface area contributed by atoms with Crippen molar-refractivity contribution < 1.29 is 17.9 Å². The Balaban J connectivity index is 2.51. The SMILES string of the molecule is COC(=O)CCCS(=O)(=O)Nc1nc(C(C)C)cs1. The third-order valence-corrected chi connectivity index (χ3v) is 4.61. The number of hydrogen-bond acceptors (Lipinski definition) is 6. The fourth-order valence-electron chi connectivity index (χ4n) is 1.29. The van der Waals surface area contributed by atoms with Crippen LogP contribution in [0.3, 0.4) is 0 Å². The van der Waals surface area contributed by atoms with Crippen LogP contribution in [-0.4, -0.2) is 32.2 Å². The normalized spacial score (nSPS) is 11.6. The Bertz CT molecular complexity index is 523. The summed E-state index contributed by atoms with van der Waals surface area (Å²) >= 11 is 1.26. The molecule has 0 amide bonds. The van der Waals surface area contributed by atoms with Crippen molar-refractivity contribution in [3.63, 3.8) is 0 Å². The zero-order valence-electron chi connectivity index (χ0n) is 11.2. The second-order valence-corrected chi connectivity index (χ2v) is 7.03. The number of methoxy groups -OCH3 is 1. The number of rotatable bonds is 7. The molecule has 0 aliphatic heterocycles. The minimum atomic E-state index is -3.46. The zero-order valence-corrected chi connectivity index (χ0v) is 12.8. The van der Waals surface area contributed by atoms with E-state index in [0.717, 1.165) is 5.69 Å². The van der Waals surface area contributed by atoms with Crippen LogP contribution in [0, 0.1) is 0 Å². The first-order valence-electron chi connectivity index (χ1n) is 5.87. The Morgan fingerprint density at radius 3 is 2.74 bits per heavy atom. The summed E-state index contributed by atoms with van der Waals surface area (Å²) in [5.74, 6) is -0.279. The second-order valence-electron chi connectivity index (χ2n) is 4.33. The number of carbonyl (C=O) groups excluding carboxylic acids is 1. The Kier molecular flexibility index (Phi) is 5.74. The Morgan fingerprint density at radius 2 is 2.21 bits per heavy atom. The first-order chi connectivity index (χ1) is 8.84. The van der Waals surface area contributed by atoms with Crippen LogP contribution >= 0.6 is 11.3 Å². The van der Waals surface area contributed by atoms with Gasteiger partial charge in [0.15, 0.2) is 5.13 Å². The lowest BCUT2D eigenvalue weighted by atomic mass is 10.2. The Morgan fingerprint density at radius 1 is 1.53 bits per heavy atom. The number of aromatic nitrogens is 1. The summed E-state index contributed by atoms with van der Waals surface area (Å²) in [7, 11) is -2.18. The molecule has 0 unspecified atom stereocenters. The van der Waals surface area contributed by atoms with Crippen molar-refractivity contribution in [2.45, 2.75) is 32.6 Å². The molecule has 0 aliphatic carbocycles. The average molecular weight is 306 g/mol. The Hall–Kier alpha value is -1.15. The molecule has 108 valence electrons. The molecule has 1 aromatic rings. The maximum atomic E-state index is 11.8. The number of sulfonamides is 1. The van der Waals surface area contributed by atoms with Crippen molar-refractivity contribution in [2.24, 2.45) is 0 Å². The Labute approximate surface area is 117 Å². The molecule has 0 aliphatic rings. The first-order valence-corrected chi connectivity index (χ1v) is 8.40. The van der Waals surface area contributed by atoms with Crippen LogP contribution in [0.1, 0.15) is 38.3 Å². The maximum absolute atomic E-state index is 11.8. The molecule has 1 aromatic heterocycles. The van der Waals surface area contributed by atoms with Gasteiger partial charge in [0.2, 0.25) is 10.0 Å². The summed E-state index contributed by atoms with van der Waals surface area (Å²) in [6, 6.07) is 0. The molecule has 1 rings (SSSR count). The van der Waals surface area contributed by atoms with Crippen LogP contribution in [0.5, 0.6) is 0 Å². The molecule has 1 heterocycles. The monoisotopic (exact) mass is 306 g/mol. The summed E-state index contributed by atoms with van der Waals surface area (Å²) in [5.41, 5.74) is 0.859. The minimum absolute atomic E-state index is 0.0898. The number of nitrogens with zero attached hydrogens (tertiary/aromatic N) is 1. The number of carbonyl (C=O) groups is 1. The lowest BCUT2D eigenvalue weighted by molar-refractivity contribution is -0.140. The predicted octanol–water partition coefficient (Wildman–Crippen LogP) is 1.96. The van der Waals surface area contributed by atoms with Crippen LogP contribution in [-0.2, 0) is 19.6 Å². The van der Waals surface area contributed by atoms with Gasteiger partial charge in [-0.25, -0.2) is 13.4 Å². The number of esters is 1. The van der Waals surface area contributed by atoms with Crippen molar-refractivity contribution in [2.75, 3.05) is 17.6 Å². The van der Waals surface area contributed by atoms with Crippen molar-refractivity contribution in [1.82, 2.24) is 4.98 Å². The quantitative estimate of drug-likeness (QED) is 0.778. The predicted molar refractivity (Wildman–Crippen MR) is 74.9 cm³/mol. The lowest BCUT2D eigenvalue weighted by Crippen LogP contribution is -2.17. The standard InChI is InChI=1S/C11H18N2O4S2/c1-8(2)9-7-18-11(12-9)13-19(15,16)6-4-5-10(14)17-3/h7-8H,4-6H2,1-3H3,(H,12,13). The highest BCUT2D eigenvalue weighted by Gasteiger charge is 2.14. The van der Waals surface area contributed by atoms with E-state index in [4.69, 9.17) is 0 Å². The van der Waals surface area contributed by atoms with Crippen LogP contribution < -0.4 is 4.72 Å². The van der Waals surface area contributed by atoms with Gasteiger partial charge in [0.05, 0.1) is 18.6 Å². The molecule has 19 heavy (non-hydrogen) atoms. The number of anilines is 1. The number of hydrogen-bond donors (Lipinski definition) is 1. The van der Waals surface area contributed by atoms with Crippen molar-refractivity contribution in [3.8, 4) is 0 Å². The molecule has 8 heteroatoms. The van der Waals surface area contributed by atoms with E-state index in [1.54, 1.807) is 0 Å². The molecule has 0 radical (unpaired) electrons. The molecule has 0 saturated heterocycles. The number of thiazole rings is 1. The van der Waals surface area contributed by atoms with Gasteiger partial charge in [-0.1, -0.05) is 13.8 Å². The maximum Gasteiger partial charge on any atom is 0.305 e. The topological polar surface area (TPSA) is 85.4 Å². The summed E-state index contributed by atoms with van der Waals surface area (Å²) in [6.45, 7) is 3.98. The van der Waals surface area contributed by atoms with Crippen LogP contribution in [0.2, 0.25) is 0 Å². The highest BCUT2D eigenvalue weighted by Crippen LogP contribution is 2.22. The van der Waals surface area contributed by atoms with E-state index < -0.39 is 16.0 Å². The van der Waals surface area contributed by atoms with Crippen molar-refractivity contribution >= 4 is 32.5 Å². The highest BCUT2D eigenvalue weighted by molar-refractivity contribution is 7.92. The van der Waals surface area contributed by atoms with Gasteiger partial charge >= 0.3 is 5.97 Å². The van der Waals surface area contributed by atoms with E-state index >= 15 is 0 Å². The van der Waals surface area contributed by atoms with Gasteiger partial charge in [-0.3, -0.25) is 9.52 Å². The van der Waals surface area contributed by atoms with E-state index in [1.807, 2.05) is 19.2 Å². The summed E-state index contributed by atoms with van der Waals surface area (Å²) in [4.78, 5) is 15.1. The molecule has 0 bridgehead atoms. The lowest BCUT2D eigenvalue weighted by Gasteiger charge is -2.04. The third-order valence-electron chi connectivity index (χ3n) is 2.38. The fraction of sp³-hybridized carbons (Fsp3) is 0.636. The van der Waals surface area contributed by atoms with Gasteiger partial charge in [0.25, 0.3) is 0 Å². The summed E-state index contributed by atoms with van der Waals surface area (Å²) in [5, 5.41) is 2.19. The van der Waals surface area contributed by atoms with E-state index in [1.165, 1.54) is 18.4 Å². The van der Waals surface area contributed by atoms with Gasteiger partial charge in [-0.2, -0.15) is 0 Å². The molecular weight excluding hydrogens is 288 g/mol. The fourth-order valence-corrected chi connectivity index (χ4v) is 3.52. The van der Waals surface area contributed by atoms with Gasteiger partial charge in [-0.05, 0) is 12.3 Å². The van der Waals surface area contributed by atoms with Crippen molar-refractivity contribution in [1.29, 1.82) is 0 Å². The van der Waals surface area contributed by atoms with Gasteiger partial charge in [0.1, 0.15) is 0 Å². The second kappa shape index (κ2) is 6.85. The van der Waals surface area contributed by atoms with Crippen LogP contribution in [0.25, 0.3) is 0 Å². The smallest absolute Gasteiger partial charge is 0.305 e. The van der Waals surface area contributed by atoms with E-state index in [0.29, 0.717) is 5.13 Å². The molecule has 0 aromatic carbocycles. The molecule has 0 saturated carbocycles. The van der Waals surface area contributed by atoms with Gasteiger partial charge in [-0.15, -0.1) is 11.3 Å². The molecule has 0 spiro atoms. The van der Waals surface area contributed by atoms with Gasteiger partial charge < -0.3 is 4.74 Å². The molecule has 1 N–H and O–H groups in total. The van der Waals surface area contributed by atoms with Crippen molar-refractivity contribution in [3.05, 3.63) is 11.1 Å². The van der Waals surface area contributed by atoms with Crippen LogP contribution in [0.15, 0.2) is 5.38 Å². The third kappa shape index (κ3) is 5.56.